The van der Waals surface area contributed by atoms with E-state index in [2.05, 4.69) is 4.98 Å². The molecule has 19 heavy (non-hydrogen) atoms. The van der Waals surface area contributed by atoms with Crippen molar-refractivity contribution in [3.05, 3.63) is 52.3 Å². The first-order chi connectivity index (χ1) is 9.17. The highest BCUT2D eigenvalue weighted by atomic mass is 16.5. The van der Waals surface area contributed by atoms with Gasteiger partial charge in [-0.1, -0.05) is 12.1 Å². The molecule has 0 aliphatic rings. The van der Waals surface area contributed by atoms with Gasteiger partial charge in [0.1, 0.15) is 11.3 Å². The number of aromatic amines is 1. The third-order valence-corrected chi connectivity index (χ3v) is 2.68. The van der Waals surface area contributed by atoms with Crippen LogP contribution >= 0.6 is 0 Å². The molecule has 1 amide bonds. The van der Waals surface area contributed by atoms with Crippen molar-refractivity contribution in [3.8, 4) is 17.0 Å². The van der Waals surface area contributed by atoms with E-state index >= 15 is 0 Å². The lowest BCUT2D eigenvalue weighted by Gasteiger charge is -2.08. The van der Waals surface area contributed by atoms with Crippen molar-refractivity contribution in [1.82, 2.24) is 10.4 Å². The number of ether oxygens (including phenoxy) is 1. The lowest BCUT2D eigenvalue weighted by molar-refractivity contribution is 0.0952. The zero-order chi connectivity index (χ0) is 13.8. The SMILES string of the molecule is COc1ccccc1-c1ccc(C(=O)NN)c(=O)[nH]1. The molecule has 0 unspecified atom stereocenters. The third kappa shape index (κ3) is 2.48. The standard InChI is InChI=1S/C13H13N3O3/c1-19-11-5-3-2-4-8(11)10-7-6-9(12(17)15-10)13(18)16-14/h2-7H,14H2,1H3,(H,15,17)(H,16,18). The Morgan fingerprint density at radius 1 is 1.26 bits per heavy atom. The molecule has 0 aliphatic heterocycles. The van der Waals surface area contributed by atoms with E-state index in [1.165, 1.54) is 6.07 Å². The van der Waals surface area contributed by atoms with Crippen molar-refractivity contribution >= 4 is 5.91 Å². The summed E-state index contributed by atoms with van der Waals surface area (Å²) in [4.78, 5) is 25.8. The average Bonchev–Trinajstić information content (AvgIpc) is 2.46. The summed E-state index contributed by atoms with van der Waals surface area (Å²) in [6, 6.07) is 10.3. The minimum Gasteiger partial charge on any atom is -0.496 e. The summed E-state index contributed by atoms with van der Waals surface area (Å²) < 4.78 is 5.22. The Balaban J connectivity index is 2.51. The number of nitrogens with two attached hydrogens (primary N) is 1. The summed E-state index contributed by atoms with van der Waals surface area (Å²) >= 11 is 0. The number of pyridine rings is 1. The fourth-order valence-corrected chi connectivity index (χ4v) is 1.75. The molecule has 0 atom stereocenters. The van der Waals surface area contributed by atoms with Gasteiger partial charge < -0.3 is 9.72 Å². The number of hydrogen-bond acceptors (Lipinski definition) is 4. The van der Waals surface area contributed by atoms with E-state index in [9.17, 15) is 9.59 Å². The Bertz CT molecular complexity index is 664. The minimum absolute atomic E-state index is 0.0406. The molecule has 0 bridgehead atoms. The summed E-state index contributed by atoms with van der Waals surface area (Å²) in [7, 11) is 1.55. The molecule has 4 N–H and O–H groups in total. The molecule has 0 saturated carbocycles. The van der Waals surface area contributed by atoms with Crippen LogP contribution in [0.4, 0.5) is 0 Å². The number of amides is 1. The van der Waals surface area contributed by atoms with Gasteiger partial charge >= 0.3 is 0 Å². The Morgan fingerprint density at radius 3 is 2.63 bits per heavy atom. The topological polar surface area (TPSA) is 97.2 Å². The molecule has 0 saturated heterocycles. The largest absolute Gasteiger partial charge is 0.496 e. The van der Waals surface area contributed by atoms with Gasteiger partial charge in [-0.2, -0.15) is 0 Å². The number of rotatable bonds is 3. The number of H-pyrrole nitrogens is 1. The first-order valence-electron chi connectivity index (χ1n) is 5.55. The van der Waals surface area contributed by atoms with Crippen LogP contribution in [0.1, 0.15) is 10.4 Å². The molecule has 1 heterocycles. The van der Waals surface area contributed by atoms with Gasteiger partial charge in [-0.15, -0.1) is 0 Å². The molecule has 2 rings (SSSR count). The summed E-state index contributed by atoms with van der Waals surface area (Å²) in [5.41, 5.74) is 2.68. The third-order valence-electron chi connectivity index (χ3n) is 2.68. The number of benzene rings is 1. The number of methoxy groups -OCH3 is 1. The second kappa shape index (κ2) is 5.36. The van der Waals surface area contributed by atoms with E-state index in [1.807, 2.05) is 23.6 Å². The monoisotopic (exact) mass is 259 g/mol. The van der Waals surface area contributed by atoms with Gasteiger partial charge in [0.2, 0.25) is 0 Å². The highest BCUT2D eigenvalue weighted by Crippen LogP contribution is 2.27. The van der Waals surface area contributed by atoms with Crippen LogP contribution in [0.5, 0.6) is 5.75 Å². The molecule has 1 aromatic heterocycles. The number of para-hydroxylation sites is 1. The number of carbonyl (C=O) groups excluding carboxylic acids is 1. The fourth-order valence-electron chi connectivity index (χ4n) is 1.75. The van der Waals surface area contributed by atoms with E-state index in [1.54, 1.807) is 19.2 Å². The van der Waals surface area contributed by atoms with Crippen molar-refractivity contribution in [2.24, 2.45) is 5.84 Å². The van der Waals surface area contributed by atoms with Crippen molar-refractivity contribution in [2.75, 3.05) is 7.11 Å². The number of nitrogen functional groups attached to an aromatic ring is 1. The van der Waals surface area contributed by atoms with E-state index < -0.39 is 11.5 Å². The Kier molecular flexibility index (Phi) is 3.63. The minimum atomic E-state index is -0.632. The number of hydrazine groups is 1. The first-order valence-corrected chi connectivity index (χ1v) is 5.55. The van der Waals surface area contributed by atoms with E-state index in [4.69, 9.17) is 10.6 Å². The molecule has 1 aromatic carbocycles. The average molecular weight is 259 g/mol. The first kappa shape index (κ1) is 12.8. The maximum Gasteiger partial charge on any atom is 0.270 e. The van der Waals surface area contributed by atoms with Crippen LogP contribution in [0.3, 0.4) is 0 Å². The van der Waals surface area contributed by atoms with Crippen molar-refractivity contribution in [2.45, 2.75) is 0 Å². The zero-order valence-corrected chi connectivity index (χ0v) is 10.3. The molecular weight excluding hydrogens is 246 g/mol. The summed E-state index contributed by atoms with van der Waals surface area (Å²) in [6.07, 6.45) is 0. The van der Waals surface area contributed by atoms with Crippen LogP contribution in [-0.4, -0.2) is 18.0 Å². The highest BCUT2D eigenvalue weighted by molar-refractivity contribution is 5.93. The molecule has 98 valence electrons. The van der Waals surface area contributed by atoms with Crippen molar-refractivity contribution < 1.29 is 9.53 Å². The molecule has 6 heteroatoms. The number of carbonyl (C=O) groups is 1. The van der Waals surface area contributed by atoms with Gasteiger partial charge in [0.25, 0.3) is 11.5 Å². The van der Waals surface area contributed by atoms with Gasteiger partial charge in [0.05, 0.1) is 12.8 Å². The summed E-state index contributed by atoms with van der Waals surface area (Å²) in [5.74, 6) is 5.00. The van der Waals surface area contributed by atoms with Crippen LogP contribution in [0.15, 0.2) is 41.2 Å². The van der Waals surface area contributed by atoms with Crippen LogP contribution in [0, 0.1) is 0 Å². The van der Waals surface area contributed by atoms with Crippen LogP contribution in [-0.2, 0) is 0 Å². The van der Waals surface area contributed by atoms with E-state index in [0.717, 1.165) is 5.56 Å². The maximum atomic E-state index is 11.8. The lowest BCUT2D eigenvalue weighted by atomic mass is 10.1. The van der Waals surface area contributed by atoms with Gasteiger partial charge in [0, 0.05) is 5.56 Å². The predicted octanol–water partition coefficient (Wildman–Crippen LogP) is 0.654. The second-order valence-corrected chi connectivity index (χ2v) is 3.79. The van der Waals surface area contributed by atoms with Gasteiger partial charge in [-0.05, 0) is 24.3 Å². The van der Waals surface area contributed by atoms with Crippen molar-refractivity contribution in [1.29, 1.82) is 0 Å². The van der Waals surface area contributed by atoms with Gasteiger partial charge in [-0.3, -0.25) is 15.0 Å². The maximum absolute atomic E-state index is 11.8. The molecular formula is C13H13N3O3. The van der Waals surface area contributed by atoms with Crippen LogP contribution < -0.4 is 21.6 Å². The van der Waals surface area contributed by atoms with Crippen LogP contribution in [0.25, 0.3) is 11.3 Å². The van der Waals surface area contributed by atoms with Crippen molar-refractivity contribution in [3.63, 3.8) is 0 Å². The predicted molar refractivity (Wildman–Crippen MR) is 70.7 cm³/mol. The lowest BCUT2D eigenvalue weighted by Crippen LogP contribution is -2.34. The smallest absolute Gasteiger partial charge is 0.270 e. The fraction of sp³-hybridized carbons (Fsp3) is 0.0769. The van der Waals surface area contributed by atoms with Crippen LogP contribution in [0.2, 0.25) is 0 Å². The second-order valence-electron chi connectivity index (χ2n) is 3.79. The highest BCUT2D eigenvalue weighted by Gasteiger charge is 2.11. The molecule has 0 radical (unpaired) electrons. The Morgan fingerprint density at radius 2 is 2.00 bits per heavy atom. The summed E-state index contributed by atoms with van der Waals surface area (Å²) in [5, 5.41) is 0. The Labute approximate surface area is 109 Å². The van der Waals surface area contributed by atoms with E-state index in [0.29, 0.717) is 11.4 Å². The molecule has 0 fully saturated rings. The zero-order valence-electron chi connectivity index (χ0n) is 10.3. The normalized spacial score (nSPS) is 10.0. The molecule has 2 aromatic rings. The molecule has 0 spiro atoms. The van der Waals surface area contributed by atoms with E-state index in [-0.39, 0.29) is 5.56 Å². The number of hydrogen-bond donors (Lipinski definition) is 3. The molecule has 0 aliphatic carbocycles. The van der Waals surface area contributed by atoms with Gasteiger partial charge in [-0.25, -0.2) is 5.84 Å². The number of aromatic nitrogens is 1. The summed E-state index contributed by atoms with van der Waals surface area (Å²) in [6.45, 7) is 0. The number of nitrogens with one attached hydrogen (secondary N) is 2. The molecule has 6 nitrogen and oxygen atoms in total. The Hall–Kier alpha value is -2.60. The van der Waals surface area contributed by atoms with Gasteiger partial charge in [0.15, 0.2) is 0 Å². The quantitative estimate of drug-likeness (QED) is 0.428.